The smallest absolute Gasteiger partial charge is 0.267 e. The van der Waals surface area contributed by atoms with Crippen LogP contribution in [0.25, 0.3) is 10.1 Å². The Morgan fingerprint density at radius 3 is 2.80 bits per heavy atom. The number of carbonyl (C=O) groups excluding carboxylic acids is 1. The van der Waals surface area contributed by atoms with E-state index in [9.17, 15) is 9.18 Å². The minimum atomic E-state index is -0.291. The summed E-state index contributed by atoms with van der Waals surface area (Å²) >= 11 is 2.67. The second-order valence-electron chi connectivity index (χ2n) is 4.42. The van der Waals surface area contributed by atoms with Gasteiger partial charge < -0.3 is 0 Å². The van der Waals surface area contributed by atoms with Crippen LogP contribution in [0.4, 0.5) is 9.52 Å². The van der Waals surface area contributed by atoms with Gasteiger partial charge in [0.1, 0.15) is 5.82 Å². The minimum Gasteiger partial charge on any atom is -0.297 e. The van der Waals surface area contributed by atoms with E-state index in [-0.39, 0.29) is 11.7 Å². The maximum absolute atomic E-state index is 13.8. The second kappa shape index (κ2) is 4.96. The van der Waals surface area contributed by atoms with Gasteiger partial charge in [-0.15, -0.1) is 22.7 Å². The first kappa shape index (κ1) is 13.2. The lowest BCUT2D eigenvalue weighted by molar-refractivity contribution is 0.103. The first-order chi connectivity index (χ1) is 9.56. The van der Waals surface area contributed by atoms with Gasteiger partial charge in [-0.3, -0.25) is 10.1 Å². The molecule has 2 aromatic heterocycles. The van der Waals surface area contributed by atoms with Gasteiger partial charge >= 0.3 is 0 Å². The van der Waals surface area contributed by atoms with Crippen LogP contribution in [0.3, 0.4) is 0 Å². The summed E-state index contributed by atoms with van der Waals surface area (Å²) in [7, 11) is 0. The molecule has 3 nitrogen and oxygen atoms in total. The van der Waals surface area contributed by atoms with E-state index in [1.54, 1.807) is 13.0 Å². The molecule has 0 radical (unpaired) electrons. The van der Waals surface area contributed by atoms with Gasteiger partial charge in [0, 0.05) is 15.5 Å². The molecule has 0 fully saturated rings. The summed E-state index contributed by atoms with van der Waals surface area (Å²) in [6.45, 7) is 3.64. The van der Waals surface area contributed by atoms with E-state index in [0.29, 0.717) is 21.0 Å². The van der Waals surface area contributed by atoms with E-state index in [2.05, 4.69) is 10.3 Å². The minimum absolute atomic E-state index is 0.238. The van der Waals surface area contributed by atoms with Crippen molar-refractivity contribution in [3.8, 4) is 0 Å². The van der Waals surface area contributed by atoms with Crippen molar-refractivity contribution in [1.82, 2.24) is 4.98 Å². The van der Waals surface area contributed by atoms with Gasteiger partial charge in [0.25, 0.3) is 5.91 Å². The van der Waals surface area contributed by atoms with Crippen molar-refractivity contribution < 1.29 is 9.18 Å². The molecule has 0 aliphatic rings. The number of aromatic nitrogens is 1. The van der Waals surface area contributed by atoms with Gasteiger partial charge in [-0.2, -0.15) is 0 Å². The van der Waals surface area contributed by atoms with Crippen molar-refractivity contribution >= 4 is 43.8 Å². The SMILES string of the molecule is Cc1csc(NC(=O)c2sc3cccc(F)c3c2C)n1. The number of anilines is 1. The largest absolute Gasteiger partial charge is 0.297 e. The average Bonchev–Trinajstić information content (AvgIpc) is 2.95. The summed E-state index contributed by atoms with van der Waals surface area (Å²) in [6, 6.07) is 4.88. The number of rotatable bonds is 2. The van der Waals surface area contributed by atoms with Gasteiger partial charge in [0.2, 0.25) is 0 Å². The maximum atomic E-state index is 13.8. The molecule has 0 aliphatic carbocycles. The topological polar surface area (TPSA) is 42.0 Å². The normalized spacial score (nSPS) is 10.9. The Morgan fingerprint density at radius 2 is 2.15 bits per heavy atom. The zero-order chi connectivity index (χ0) is 14.3. The van der Waals surface area contributed by atoms with Gasteiger partial charge in [-0.05, 0) is 31.5 Å². The van der Waals surface area contributed by atoms with Crippen molar-refractivity contribution in [2.45, 2.75) is 13.8 Å². The Labute approximate surface area is 123 Å². The molecule has 2 heterocycles. The molecular weight excluding hydrogens is 295 g/mol. The Morgan fingerprint density at radius 1 is 1.35 bits per heavy atom. The third kappa shape index (κ3) is 2.21. The number of hydrogen-bond acceptors (Lipinski definition) is 4. The lowest BCUT2D eigenvalue weighted by Crippen LogP contribution is -2.11. The van der Waals surface area contributed by atoms with Crippen LogP contribution >= 0.6 is 22.7 Å². The molecule has 1 aromatic carbocycles. The van der Waals surface area contributed by atoms with Crippen LogP contribution in [0, 0.1) is 19.7 Å². The number of thiazole rings is 1. The van der Waals surface area contributed by atoms with Crippen LogP contribution in [0.2, 0.25) is 0 Å². The van der Waals surface area contributed by atoms with E-state index >= 15 is 0 Å². The monoisotopic (exact) mass is 306 g/mol. The summed E-state index contributed by atoms with van der Waals surface area (Å²) in [5.74, 6) is -0.530. The maximum Gasteiger partial charge on any atom is 0.267 e. The van der Waals surface area contributed by atoms with Crippen LogP contribution in [0.1, 0.15) is 20.9 Å². The van der Waals surface area contributed by atoms with Gasteiger partial charge in [0.15, 0.2) is 5.13 Å². The van der Waals surface area contributed by atoms with Crippen molar-refractivity contribution in [3.05, 3.63) is 45.5 Å². The number of halogens is 1. The van der Waals surface area contributed by atoms with Crippen LogP contribution in [-0.4, -0.2) is 10.9 Å². The lowest BCUT2D eigenvalue weighted by atomic mass is 10.1. The van der Waals surface area contributed by atoms with Crippen LogP contribution < -0.4 is 5.32 Å². The van der Waals surface area contributed by atoms with E-state index in [4.69, 9.17) is 0 Å². The van der Waals surface area contributed by atoms with Crippen molar-refractivity contribution in [2.24, 2.45) is 0 Å². The first-order valence-corrected chi connectivity index (χ1v) is 7.67. The Bertz CT molecular complexity index is 807. The third-order valence-electron chi connectivity index (χ3n) is 2.95. The summed E-state index contributed by atoms with van der Waals surface area (Å²) in [5, 5.41) is 5.71. The predicted octanol–water partition coefficient (Wildman–Crippen LogP) is 4.37. The number of hydrogen-bond donors (Lipinski definition) is 1. The standard InChI is InChI=1S/C14H11FN2OS2/c1-7-6-19-14(16-7)17-13(18)12-8(2)11-9(15)4-3-5-10(11)20-12/h3-6H,1-2H3,(H,16,17,18). The zero-order valence-corrected chi connectivity index (χ0v) is 12.5. The molecule has 3 aromatic rings. The molecule has 0 bridgehead atoms. The van der Waals surface area contributed by atoms with Crippen LogP contribution in [0.15, 0.2) is 23.6 Å². The van der Waals surface area contributed by atoms with Gasteiger partial charge in [-0.1, -0.05) is 6.07 Å². The number of nitrogens with one attached hydrogen (secondary N) is 1. The number of carbonyl (C=O) groups is 1. The quantitative estimate of drug-likeness (QED) is 0.764. The summed E-state index contributed by atoms with van der Waals surface area (Å²) in [4.78, 5) is 17.0. The highest BCUT2D eigenvalue weighted by atomic mass is 32.1. The molecule has 0 aliphatic heterocycles. The molecular formula is C14H11FN2OS2. The van der Waals surface area contributed by atoms with Crippen molar-refractivity contribution in [2.75, 3.05) is 5.32 Å². The van der Waals surface area contributed by atoms with Crippen molar-refractivity contribution in [3.63, 3.8) is 0 Å². The number of aryl methyl sites for hydroxylation is 2. The molecule has 0 saturated carbocycles. The van der Waals surface area contributed by atoms with Crippen LogP contribution in [-0.2, 0) is 0 Å². The predicted molar refractivity (Wildman–Crippen MR) is 81.3 cm³/mol. The van der Waals surface area contributed by atoms with E-state index < -0.39 is 0 Å². The summed E-state index contributed by atoms with van der Waals surface area (Å²) < 4.78 is 14.6. The molecule has 1 amide bonds. The zero-order valence-electron chi connectivity index (χ0n) is 10.9. The van der Waals surface area contributed by atoms with E-state index in [1.165, 1.54) is 28.7 Å². The molecule has 0 spiro atoms. The van der Waals surface area contributed by atoms with Crippen molar-refractivity contribution in [1.29, 1.82) is 0 Å². The number of nitrogens with zero attached hydrogens (tertiary/aromatic N) is 1. The Balaban J connectivity index is 1.99. The number of thiophene rings is 1. The molecule has 1 N–H and O–H groups in total. The fraction of sp³-hybridized carbons (Fsp3) is 0.143. The average molecular weight is 306 g/mol. The Hall–Kier alpha value is -1.79. The van der Waals surface area contributed by atoms with Gasteiger partial charge in [-0.25, -0.2) is 9.37 Å². The molecule has 0 saturated heterocycles. The highest BCUT2D eigenvalue weighted by molar-refractivity contribution is 7.21. The summed E-state index contributed by atoms with van der Waals surface area (Å²) in [6.07, 6.45) is 0. The first-order valence-electron chi connectivity index (χ1n) is 5.97. The van der Waals surface area contributed by atoms with E-state index in [0.717, 1.165) is 10.4 Å². The summed E-state index contributed by atoms with van der Waals surface area (Å²) in [5.41, 5.74) is 1.54. The fourth-order valence-electron chi connectivity index (χ4n) is 2.04. The molecule has 102 valence electrons. The van der Waals surface area contributed by atoms with Gasteiger partial charge in [0.05, 0.1) is 10.6 Å². The number of amides is 1. The molecule has 0 atom stereocenters. The number of benzene rings is 1. The highest BCUT2D eigenvalue weighted by Crippen LogP contribution is 2.33. The lowest BCUT2D eigenvalue weighted by Gasteiger charge is -2.00. The molecule has 6 heteroatoms. The highest BCUT2D eigenvalue weighted by Gasteiger charge is 2.18. The molecule has 3 rings (SSSR count). The fourth-order valence-corrected chi connectivity index (χ4v) is 3.84. The third-order valence-corrected chi connectivity index (χ3v) is 5.08. The second-order valence-corrected chi connectivity index (χ2v) is 6.33. The van der Waals surface area contributed by atoms with E-state index in [1.807, 2.05) is 18.4 Å². The molecule has 20 heavy (non-hydrogen) atoms. The molecule has 0 unspecified atom stereocenters. The van der Waals surface area contributed by atoms with Crippen LogP contribution in [0.5, 0.6) is 0 Å². The Kier molecular flexibility index (Phi) is 3.27. The number of fused-ring (bicyclic) bond motifs is 1.